The number of nitrogens with one attached hydrogen (secondary N) is 2. The molecule has 0 unspecified atom stereocenters. The minimum absolute atomic E-state index is 0.512. The van der Waals surface area contributed by atoms with Crippen molar-refractivity contribution >= 4 is 29.1 Å². The average Bonchev–Trinajstić information content (AvgIpc) is 2.41. The second-order valence-corrected chi connectivity index (χ2v) is 4.65. The molecule has 0 saturated carbocycles. The summed E-state index contributed by atoms with van der Waals surface area (Å²) in [5.74, 6) is 1.27. The second-order valence-electron chi connectivity index (χ2n) is 4.24. The van der Waals surface area contributed by atoms with Crippen molar-refractivity contribution in [3.63, 3.8) is 0 Å². The van der Waals surface area contributed by atoms with Crippen LogP contribution < -0.4 is 10.6 Å². The number of benzene rings is 1. The van der Waals surface area contributed by atoms with E-state index in [0.717, 1.165) is 17.2 Å². The molecule has 106 valence electrons. The van der Waals surface area contributed by atoms with Crippen LogP contribution in [0.15, 0.2) is 30.3 Å². The monoisotopic (exact) mass is 292 g/mol. The van der Waals surface area contributed by atoms with Gasteiger partial charge in [-0.3, -0.25) is 0 Å². The Morgan fingerprint density at radius 1 is 1.25 bits per heavy atom. The Bertz CT molecular complexity index is 577. The lowest BCUT2D eigenvalue weighted by molar-refractivity contribution is 0.210. The van der Waals surface area contributed by atoms with Crippen molar-refractivity contribution in [1.29, 1.82) is 0 Å². The third kappa shape index (κ3) is 4.08. The van der Waals surface area contributed by atoms with Gasteiger partial charge in [0.05, 0.1) is 17.3 Å². The number of anilines is 3. The van der Waals surface area contributed by atoms with Gasteiger partial charge in [-0.05, 0) is 19.1 Å². The average molecular weight is 293 g/mol. The SMILES string of the molecule is COCCNc1cc(C)nc(Nc2ccccc2Cl)n1. The van der Waals surface area contributed by atoms with E-state index in [1.807, 2.05) is 37.3 Å². The molecule has 1 heterocycles. The normalized spacial score (nSPS) is 10.3. The minimum Gasteiger partial charge on any atom is -0.383 e. The topological polar surface area (TPSA) is 59.1 Å². The number of nitrogens with zero attached hydrogens (tertiary/aromatic N) is 2. The van der Waals surface area contributed by atoms with E-state index in [1.165, 1.54) is 0 Å². The van der Waals surface area contributed by atoms with Crippen LogP contribution in [-0.2, 0) is 4.74 Å². The molecule has 0 spiro atoms. The quantitative estimate of drug-likeness (QED) is 0.801. The van der Waals surface area contributed by atoms with Crippen LogP contribution in [0.25, 0.3) is 0 Å². The Hall–Kier alpha value is -1.85. The van der Waals surface area contributed by atoms with Gasteiger partial charge in [0.1, 0.15) is 5.82 Å². The van der Waals surface area contributed by atoms with Crippen molar-refractivity contribution < 1.29 is 4.74 Å². The molecule has 0 aliphatic heterocycles. The molecular formula is C14H17ClN4O. The summed E-state index contributed by atoms with van der Waals surface area (Å²) >= 11 is 6.11. The highest BCUT2D eigenvalue weighted by Gasteiger charge is 2.04. The van der Waals surface area contributed by atoms with E-state index in [-0.39, 0.29) is 0 Å². The fraction of sp³-hybridized carbons (Fsp3) is 0.286. The summed E-state index contributed by atoms with van der Waals surface area (Å²) in [5, 5.41) is 6.93. The first kappa shape index (κ1) is 14.6. The largest absolute Gasteiger partial charge is 0.383 e. The predicted octanol–water partition coefficient (Wildman–Crippen LogP) is 3.24. The lowest BCUT2D eigenvalue weighted by atomic mass is 10.3. The first-order valence-electron chi connectivity index (χ1n) is 6.29. The van der Waals surface area contributed by atoms with E-state index in [4.69, 9.17) is 16.3 Å². The highest BCUT2D eigenvalue weighted by molar-refractivity contribution is 6.33. The molecule has 0 atom stereocenters. The summed E-state index contributed by atoms with van der Waals surface area (Å²) in [6, 6.07) is 9.36. The zero-order chi connectivity index (χ0) is 14.4. The molecule has 1 aromatic heterocycles. The summed E-state index contributed by atoms with van der Waals surface area (Å²) in [5.41, 5.74) is 1.65. The van der Waals surface area contributed by atoms with Crippen molar-refractivity contribution in [3.05, 3.63) is 41.0 Å². The number of hydrogen-bond donors (Lipinski definition) is 2. The van der Waals surface area contributed by atoms with Crippen LogP contribution >= 0.6 is 11.6 Å². The van der Waals surface area contributed by atoms with Crippen LogP contribution in [0.4, 0.5) is 17.5 Å². The van der Waals surface area contributed by atoms with Crippen LogP contribution in [0.1, 0.15) is 5.69 Å². The number of rotatable bonds is 6. The van der Waals surface area contributed by atoms with E-state index in [9.17, 15) is 0 Å². The van der Waals surface area contributed by atoms with Crippen molar-refractivity contribution in [2.75, 3.05) is 30.9 Å². The first-order valence-corrected chi connectivity index (χ1v) is 6.67. The van der Waals surface area contributed by atoms with E-state index in [0.29, 0.717) is 24.1 Å². The van der Waals surface area contributed by atoms with Gasteiger partial charge in [-0.2, -0.15) is 4.98 Å². The fourth-order valence-corrected chi connectivity index (χ4v) is 1.86. The Kier molecular flexibility index (Phi) is 5.15. The maximum Gasteiger partial charge on any atom is 0.229 e. The van der Waals surface area contributed by atoms with Gasteiger partial charge in [0.15, 0.2) is 0 Å². The Morgan fingerprint density at radius 2 is 2.05 bits per heavy atom. The molecule has 1 aromatic carbocycles. The zero-order valence-corrected chi connectivity index (χ0v) is 12.2. The van der Waals surface area contributed by atoms with Gasteiger partial charge >= 0.3 is 0 Å². The van der Waals surface area contributed by atoms with Gasteiger partial charge in [-0.15, -0.1) is 0 Å². The van der Waals surface area contributed by atoms with E-state index < -0.39 is 0 Å². The fourth-order valence-electron chi connectivity index (χ4n) is 1.68. The Morgan fingerprint density at radius 3 is 2.80 bits per heavy atom. The number of para-hydroxylation sites is 1. The smallest absolute Gasteiger partial charge is 0.229 e. The van der Waals surface area contributed by atoms with Gasteiger partial charge in [0, 0.05) is 25.4 Å². The van der Waals surface area contributed by atoms with Gasteiger partial charge in [0.25, 0.3) is 0 Å². The lowest BCUT2D eigenvalue weighted by Gasteiger charge is -2.10. The molecule has 6 heteroatoms. The predicted molar refractivity (Wildman–Crippen MR) is 81.9 cm³/mol. The number of methoxy groups -OCH3 is 1. The number of aryl methyl sites for hydroxylation is 1. The lowest BCUT2D eigenvalue weighted by Crippen LogP contribution is -2.10. The van der Waals surface area contributed by atoms with E-state index in [1.54, 1.807) is 7.11 Å². The molecule has 0 fully saturated rings. The van der Waals surface area contributed by atoms with Gasteiger partial charge in [-0.25, -0.2) is 4.98 Å². The molecule has 0 aliphatic carbocycles. The summed E-state index contributed by atoms with van der Waals surface area (Å²) < 4.78 is 5.00. The number of ether oxygens (including phenoxy) is 1. The van der Waals surface area contributed by atoms with Crippen molar-refractivity contribution in [2.24, 2.45) is 0 Å². The third-order valence-corrected chi connectivity index (χ3v) is 2.92. The molecule has 2 aromatic rings. The molecule has 2 N–H and O–H groups in total. The zero-order valence-electron chi connectivity index (χ0n) is 11.5. The minimum atomic E-state index is 0.512. The summed E-state index contributed by atoms with van der Waals surface area (Å²) in [4.78, 5) is 8.74. The number of hydrogen-bond acceptors (Lipinski definition) is 5. The van der Waals surface area contributed by atoms with Crippen LogP contribution in [0.3, 0.4) is 0 Å². The molecule has 2 rings (SSSR count). The highest BCUT2D eigenvalue weighted by Crippen LogP contribution is 2.23. The summed E-state index contributed by atoms with van der Waals surface area (Å²) in [7, 11) is 1.66. The first-order chi connectivity index (χ1) is 9.69. The summed E-state index contributed by atoms with van der Waals surface area (Å²) in [6.45, 7) is 3.23. The molecule has 5 nitrogen and oxygen atoms in total. The molecule has 0 aliphatic rings. The van der Waals surface area contributed by atoms with Crippen molar-refractivity contribution in [3.8, 4) is 0 Å². The van der Waals surface area contributed by atoms with Crippen LogP contribution in [-0.4, -0.2) is 30.2 Å². The Balaban J connectivity index is 2.13. The van der Waals surface area contributed by atoms with Crippen molar-refractivity contribution in [1.82, 2.24) is 9.97 Å². The molecule has 0 radical (unpaired) electrons. The van der Waals surface area contributed by atoms with E-state index in [2.05, 4.69) is 20.6 Å². The third-order valence-electron chi connectivity index (χ3n) is 2.59. The van der Waals surface area contributed by atoms with Gasteiger partial charge in [0.2, 0.25) is 5.95 Å². The standard InChI is InChI=1S/C14H17ClN4O/c1-10-9-13(16-7-8-20-2)19-14(17-10)18-12-6-4-3-5-11(12)15/h3-6,9H,7-8H2,1-2H3,(H2,16,17,18,19). The van der Waals surface area contributed by atoms with Crippen molar-refractivity contribution in [2.45, 2.75) is 6.92 Å². The molecular weight excluding hydrogens is 276 g/mol. The van der Waals surface area contributed by atoms with Gasteiger partial charge in [-0.1, -0.05) is 23.7 Å². The molecule has 0 saturated heterocycles. The van der Waals surface area contributed by atoms with Crippen LogP contribution in [0.2, 0.25) is 5.02 Å². The number of halogens is 1. The molecule has 20 heavy (non-hydrogen) atoms. The van der Waals surface area contributed by atoms with E-state index >= 15 is 0 Å². The highest BCUT2D eigenvalue weighted by atomic mass is 35.5. The Labute approximate surface area is 123 Å². The maximum atomic E-state index is 6.11. The molecule has 0 bridgehead atoms. The van der Waals surface area contributed by atoms with Gasteiger partial charge < -0.3 is 15.4 Å². The maximum absolute atomic E-state index is 6.11. The van der Waals surface area contributed by atoms with Crippen LogP contribution in [0.5, 0.6) is 0 Å². The second kappa shape index (κ2) is 7.07. The van der Waals surface area contributed by atoms with Crippen LogP contribution in [0, 0.1) is 6.92 Å². The summed E-state index contributed by atoms with van der Waals surface area (Å²) in [6.07, 6.45) is 0. The molecule has 0 amide bonds. The number of aromatic nitrogens is 2.